The lowest BCUT2D eigenvalue weighted by Gasteiger charge is -2.27. The molecule has 152 valence electrons. The van der Waals surface area contributed by atoms with Gasteiger partial charge in [-0.1, -0.05) is 54.2 Å². The van der Waals surface area contributed by atoms with Crippen LogP contribution in [0.5, 0.6) is 0 Å². The number of hydrogen-bond acceptors (Lipinski definition) is 5. The summed E-state index contributed by atoms with van der Waals surface area (Å²) in [7, 11) is 0. The average molecular weight is 419 g/mol. The molecule has 0 aliphatic heterocycles. The van der Waals surface area contributed by atoms with Crippen LogP contribution in [0.2, 0.25) is 0 Å². The minimum absolute atomic E-state index is 0.0199. The molecule has 0 saturated carbocycles. The van der Waals surface area contributed by atoms with Gasteiger partial charge in [0.2, 0.25) is 5.91 Å². The maximum Gasteiger partial charge on any atom is 0.277 e. The van der Waals surface area contributed by atoms with Crippen LogP contribution in [0.15, 0.2) is 64.4 Å². The van der Waals surface area contributed by atoms with Crippen molar-refractivity contribution < 1.29 is 9.21 Å². The van der Waals surface area contributed by atoms with Gasteiger partial charge >= 0.3 is 0 Å². The zero-order chi connectivity index (χ0) is 20.5. The smallest absolute Gasteiger partial charge is 0.277 e. The summed E-state index contributed by atoms with van der Waals surface area (Å²) in [6.45, 7) is 1.87. The lowest BCUT2D eigenvalue weighted by atomic mass is 9.88. The van der Waals surface area contributed by atoms with Gasteiger partial charge < -0.3 is 14.7 Å². The molecule has 0 saturated heterocycles. The summed E-state index contributed by atoms with van der Waals surface area (Å²) in [6, 6.07) is 16.4. The molecule has 6 nitrogen and oxygen atoms in total. The fourth-order valence-electron chi connectivity index (χ4n) is 4.01. The van der Waals surface area contributed by atoms with E-state index in [1.165, 1.54) is 22.9 Å². The van der Waals surface area contributed by atoms with Crippen molar-refractivity contribution in [3.63, 3.8) is 0 Å². The van der Waals surface area contributed by atoms with E-state index in [0.717, 1.165) is 35.7 Å². The fraction of sp³-hybridized carbons (Fsp3) is 0.261. The van der Waals surface area contributed by atoms with Crippen LogP contribution in [-0.2, 0) is 11.2 Å². The second-order valence-corrected chi connectivity index (χ2v) is 8.83. The summed E-state index contributed by atoms with van der Waals surface area (Å²) >= 11 is 1.28. The molecule has 1 amide bonds. The van der Waals surface area contributed by atoms with Crippen LogP contribution in [0.4, 0.5) is 0 Å². The first-order valence-electron chi connectivity index (χ1n) is 10.1. The Labute approximate surface area is 178 Å². The Morgan fingerprint density at radius 2 is 2.03 bits per heavy atom. The molecule has 2 aromatic carbocycles. The maximum atomic E-state index is 12.8. The second kappa shape index (κ2) is 7.99. The van der Waals surface area contributed by atoms with Crippen LogP contribution in [0.25, 0.3) is 22.4 Å². The van der Waals surface area contributed by atoms with Crippen molar-refractivity contribution in [2.45, 2.75) is 42.7 Å². The maximum absolute atomic E-state index is 12.8. The van der Waals surface area contributed by atoms with Crippen molar-refractivity contribution in [1.82, 2.24) is 20.5 Å². The molecule has 0 spiro atoms. The SMILES string of the molecule is C[C@@H](Sc1nnc(-c2c[nH]c3ccccc23)o1)C(=O)N[C@H]1CCCc2ccccc21. The Hall–Kier alpha value is -3.06. The summed E-state index contributed by atoms with van der Waals surface area (Å²) in [4.78, 5) is 16.0. The third-order valence-corrected chi connectivity index (χ3v) is 6.49. The van der Waals surface area contributed by atoms with Gasteiger partial charge in [0, 0.05) is 17.1 Å². The Morgan fingerprint density at radius 3 is 2.97 bits per heavy atom. The number of benzene rings is 2. The van der Waals surface area contributed by atoms with Crippen LogP contribution in [0.1, 0.15) is 36.9 Å². The highest BCUT2D eigenvalue weighted by atomic mass is 32.2. The van der Waals surface area contributed by atoms with Gasteiger partial charge in [-0.05, 0) is 43.4 Å². The zero-order valence-corrected chi connectivity index (χ0v) is 17.4. The van der Waals surface area contributed by atoms with Crippen LogP contribution in [0.3, 0.4) is 0 Å². The number of fused-ring (bicyclic) bond motifs is 2. The van der Waals surface area contributed by atoms with Gasteiger partial charge in [0.15, 0.2) is 0 Å². The molecule has 0 unspecified atom stereocenters. The third-order valence-electron chi connectivity index (χ3n) is 5.56. The number of aryl methyl sites for hydroxylation is 1. The topological polar surface area (TPSA) is 83.8 Å². The number of para-hydroxylation sites is 1. The van der Waals surface area contributed by atoms with E-state index in [0.29, 0.717) is 11.1 Å². The van der Waals surface area contributed by atoms with Crippen LogP contribution in [-0.4, -0.2) is 26.3 Å². The van der Waals surface area contributed by atoms with Crippen LogP contribution < -0.4 is 5.32 Å². The average Bonchev–Trinajstić information content (AvgIpc) is 3.40. The van der Waals surface area contributed by atoms with E-state index in [4.69, 9.17) is 4.42 Å². The van der Waals surface area contributed by atoms with E-state index >= 15 is 0 Å². The molecule has 2 heterocycles. The molecule has 30 heavy (non-hydrogen) atoms. The predicted molar refractivity (Wildman–Crippen MR) is 117 cm³/mol. The van der Waals surface area contributed by atoms with E-state index < -0.39 is 0 Å². The first kappa shape index (κ1) is 18.9. The molecule has 2 N–H and O–H groups in total. The van der Waals surface area contributed by atoms with E-state index in [-0.39, 0.29) is 17.2 Å². The molecular weight excluding hydrogens is 396 g/mol. The van der Waals surface area contributed by atoms with Gasteiger partial charge in [-0.15, -0.1) is 10.2 Å². The minimum atomic E-state index is -0.338. The number of amides is 1. The van der Waals surface area contributed by atoms with Crippen molar-refractivity contribution in [2.75, 3.05) is 0 Å². The quantitative estimate of drug-likeness (QED) is 0.451. The molecule has 1 aliphatic rings. The Morgan fingerprint density at radius 1 is 1.20 bits per heavy atom. The normalized spacial score (nSPS) is 16.9. The lowest BCUT2D eigenvalue weighted by Crippen LogP contribution is -2.35. The van der Waals surface area contributed by atoms with E-state index in [9.17, 15) is 4.79 Å². The first-order valence-corrected chi connectivity index (χ1v) is 11.0. The fourth-order valence-corrected chi connectivity index (χ4v) is 4.70. The summed E-state index contributed by atoms with van der Waals surface area (Å²) in [5.41, 5.74) is 4.43. The zero-order valence-electron chi connectivity index (χ0n) is 16.6. The van der Waals surface area contributed by atoms with E-state index in [2.05, 4.69) is 38.7 Å². The van der Waals surface area contributed by atoms with Gasteiger partial charge in [-0.2, -0.15) is 0 Å². The van der Waals surface area contributed by atoms with Crippen molar-refractivity contribution in [2.24, 2.45) is 0 Å². The molecule has 7 heteroatoms. The third kappa shape index (κ3) is 3.61. The van der Waals surface area contributed by atoms with Gasteiger partial charge in [-0.25, -0.2) is 0 Å². The molecule has 0 fully saturated rings. The first-order chi connectivity index (χ1) is 14.7. The molecule has 0 bridgehead atoms. The monoisotopic (exact) mass is 418 g/mol. The number of aromatic nitrogens is 3. The summed E-state index contributed by atoms with van der Waals surface area (Å²) in [6.07, 6.45) is 4.99. The highest BCUT2D eigenvalue weighted by Gasteiger charge is 2.25. The number of nitrogens with zero attached hydrogens (tertiary/aromatic N) is 2. The molecule has 0 radical (unpaired) electrons. The van der Waals surface area contributed by atoms with Gasteiger partial charge in [-0.3, -0.25) is 4.79 Å². The van der Waals surface area contributed by atoms with Crippen LogP contribution in [0, 0.1) is 0 Å². The summed E-state index contributed by atoms with van der Waals surface area (Å²) in [5, 5.41) is 12.6. The predicted octanol–water partition coefficient (Wildman–Crippen LogP) is 4.89. The van der Waals surface area contributed by atoms with Gasteiger partial charge in [0.25, 0.3) is 11.1 Å². The van der Waals surface area contributed by atoms with E-state index in [1.807, 2.05) is 43.5 Å². The number of nitrogens with one attached hydrogen (secondary N) is 2. The minimum Gasteiger partial charge on any atom is -0.411 e. The van der Waals surface area contributed by atoms with Crippen molar-refractivity contribution in [1.29, 1.82) is 0 Å². The lowest BCUT2D eigenvalue weighted by molar-refractivity contribution is -0.121. The number of carbonyl (C=O) groups excluding carboxylic acids is 1. The van der Waals surface area contributed by atoms with Crippen molar-refractivity contribution >= 4 is 28.6 Å². The molecule has 2 aromatic heterocycles. The number of carbonyl (C=O) groups is 1. The Kier molecular flexibility index (Phi) is 5.04. The second-order valence-electron chi connectivity index (χ2n) is 7.53. The Balaban J connectivity index is 1.27. The number of rotatable bonds is 5. The van der Waals surface area contributed by atoms with E-state index in [1.54, 1.807) is 0 Å². The van der Waals surface area contributed by atoms with Crippen molar-refractivity contribution in [3.8, 4) is 11.5 Å². The molecule has 4 aromatic rings. The van der Waals surface area contributed by atoms with Gasteiger partial charge in [0.05, 0.1) is 16.9 Å². The molecule has 5 rings (SSSR count). The summed E-state index contributed by atoms with van der Waals surface area (Å²) < 4.78 is 5.84. The van der Waals surface area contributed by atoms with Crippen molar-refractivity contribution in [3.05, 3.63) is 65.9 Å². The molecule has 1 aliphatic carbocycles. The van der Waals surface area contributed by atoms with Gasteiger partial charge in [0.1, 0.15) is 0 Å². The highest BCUT2D eigenvalue weighted by Crippen LogP contribution is 2.32. The largest absolute Gasteiger partial charge is 0.411 e. The molecular formula is C23H22N4O2S. The highest BCUT2D eigenvalue weighted by molar-refractivity contribution is 8.00. The molecule has 2 atom stereocenters. The number of thioether (sulfide) groups is 1. The van der Waals surface area contributed by atoms with Crippen LogP contribution >= 0.6 is 11.8 Å². The Bertz CT molecular complexity index is 1200. The number of aromatic amines is 1. The number of hydrogen-bond donors (Lipinski definition) is 2. The summed E-state index contributed by atoms with van der Waals surface area (Å²) in [5.74, 6) is 0.428. The standard InChI is InChI=1S/C23H22N4O2S/c1-14(21(28)25-20-12-6-8-15-7-2-3-9-16(15)20)30-23-27-26-22(29-23)18-13-24-19-11-5-4-10-17(18)19/h2-5,7,9-11,13-14,20,24H,6,8,12H2,1H3,(H,25,28)/t14-,20+/m1/s1. The number of H-pyrrole nitrogens is 1.